The molecule has 1 aromatic carbocycles. The molecule has 2 unspecified atom stereocenters. The van der Waals surface area contributed by atoms with Gasteiger partial charge in [-0.15, -0.1) is 0 Å². The fourth-order valence-electron chi connectivity index (χ4n) is 2.26. The van der Waals surface area contributed by atoms with E-state index in [1.165, 1.54) is 0 Å². The van der Waals surface area contributed by atoms with Crippen LogP contribution in [0.5, 0.6) is 5.75 Å². The smallest absolute Gasteiger partial charge is 0.118 e. The highest BCUT2D eigenvalue weighted by atomic mass is 16.5. The third-order valence-corrected chi connectivity index (χ3v) is 3.56. The number of aliphatic hydroxyl groups is 4. The molecule has 0 aromatic heterocycles. The predicted molar refractivity (Wildman–Crippen MR) is 70.3 cm³/mol. The zero-order valence-electron chi connectivity index (χ0n) is 11.2. The van der Waals surface area contributed by atoms with Gasteiger partial charge >= 0.3 is 0 Å². The Bertz CT molecular complexity index is 420. The number of aliphatic hydroxyl groups excluding tert-OH is 4. The van der Waals surface area contributed by atoms with Crippen molar-refractivity contribution in [3.05, 3.63) is 29.8 Å². The molecule has 0 spiro atoms. The van der Waals surface area contributed by atoms with Crippen LogP contribution in [0.25, 0.3) is 0 Å². The number of hydrogen-bond donors (Lipinski definition) is 4. The predicted octanol–water partition coefficient (Wildman–Crippen LogP) is -0.400. The zero-order valence-corrected chi connectivity index (χ0v) is 11.2. The molecule has 1 heterocycles. The van der Waals surface area contributed by atoms with Crippen LogP contribution in [0.2, 0.25) is 0 Å². The fraction of sp³-hybridized carbons (Fsp3) is 0.571. The maximum absolute atomic E-state index is 10.1. The minimum absolute atomic E-state index is 0.0573. The number of rotatable bonds is 4. The van der Waals surface area contributed by atoms with E-state index in [0.29, 0.717) is 11.3 Å². The van der Waals surface area contributed by atoms with Gasteiger partial charge in [0.05, 0.1) is 25.9 Å². The maximum Gasteiger partial charge on any atom is 0.118 e. The summed E-state index contributed by atoms with van der Waals surface area (Å²) >= 11 is 0. The second-order valence-corrected chi connectivity index (χ2v) is 4.94. The molecule has 4 N–H and O–H groups in total. The lowest BCUT2D eigenvalue weighted by Gasteiger charge is -2.36. The van der Waals surface area contributed by atoms with Crippen molar-refractivity contribution in [3.8, 4) is 5.75 Å². The number of benzene rings is 1. The van der Waals surface area contributed by atoms with Crippen molar-refractivity contribution in [2.45, 2.75) is 36.9 Å². The maximum atomic E-state index is 10.1. The molecule has 0 saturated carbocycles. The summed E-state index contributed by atoms with van der Waals surface area (Å²) < 4.78 is 10.3. The van der Waals surface area contributed by atoms with Crippen LogP contribution >= 0.6 is 0 Å². The average molecular weight is 284 g/mol. The van der Waals surface area contributed by atoms with Crippen LogP contribution in [0.3, 0.4) is 0 Å². The molecule has 0 bridgehead atoms. The van der Waals surface area contributed by atoms with E-state index < -0.39 is 30.5 Å². The Morgan fingerprint density at radius 1 is 1.20 bits per heavy atom. The molecule has 1 fully saturated rings. The van der Waals surface area contributed by atoms with Crippen LogP contribution in [0, 0.1) is 0 Å². The van der Waals surface area contributed by atoms with Crippen LogP contribution < -0.4 is 4.74 Å². The summed E-state index contributed by atoms with van der Waals surface area (Å²) in [5.74, 6) is 0.688. The second kappa shape index (κ2) is 6.51. The molecular formula is C14H20O6. The zero-order chi connectivity index (χ0) is 14.7. The Balaban J connectivity index is 1.98. The van der Waals surface area contributed by atoms with Gasteiger partial charge in [-0.25, -0.2) is 0 Å². The standard InChI is InChI=1S/C14H20O6/c1-19-9-4-2-8(3-5-9)10(15)6-12-14(18)13(17)11(16)7-20-12/h2-5,10-18H,6-7H2,1H3/t10?,11-,12?,13+,14+/m1/s1. The van der Waals surface area contributed by atoms with Crippen molar-refractivity contribution in [1.29, 1.82) is 0 Å². The van der Waals surface area contributed by atoms with Crippen molar-refractivity contribution < 1.29 is 29.9 Å². The van der Waals surface area contributed by atoms with Crippen molar-refractivity contribution >= 4 is 0 Å². The topological polar surface area (TPSA) is 99.4 Å². The van der Waals surface area contributed by atoms with Gasteiger partial charge in [-0.3, -0.25) is 0 Å². The first-order chi connectivity index (χ1) is 9.52. The highest BCUT2D eigenvalue weighted by molar-refractivity contribution is 5.28. The molecule has 1 aromatic rings. The largest absolute Gasteiger partial charge is 0.497 e. The van der Waals surface area contributed by atoms with E-state index in [1.54, 1.807) is 31.4 Å². The average Bonchev–Trinajstić information content (AvgIpc) is 2.48. The van der Waals surface area contributed by atoms with Gasteiger partial charge in [0, 0.05) is 6.42 Å². The number of methoxy groups -OCH3 is 1. The molecule has 0 aliphatic carbocycles. The van der Waals surface area contributed by atoms with Crippen LogP contribution in [0.15, 0.2) is 24.3 Å². The van der Waals surface area contributed by atoms with E-state index in [9.17, 15) is 20.4 Å². The third kappa shape index (κ3) is 3.28. The minimum atomic E-state index is -1.25. The first-order valence-corrected chi connectivity index (χ1v) is 6.50. The first kappa shape index (κ1) is 15.2. The molecule has 20 heavy (non-hydrogen) atoms. The van der Waals surface area contributed by atoms with Gasteiger partial charge in [0.1, 0.15) is 24.1 Å². The monoisotopic (exact) mass is 284 g/mol. The number of hydrogen-bond acceptors (Lipinski definition) is 6. The van der Waals surface area contributed by atoms with E-state index in [0.717, 1.165) is 0 Å². The van der Waals surface area contributed by atoms with Gasteiger partial charge in [-0.2, -0.15) is 0 Å². The summed E-state index contributed by atoms with van der Waals surface area (Å²) in [6.07, 6.45) is -4.98. The minimum Gasteiger partial charge on any atom is -0.497 e. The molecule has 0 radical (unpaired) electrons. The number of ether oxygens (including phenoxy) is 2. The molecule has 0 amide bonds. The molecule has 1 aliphatic rings. The summed E-state index contributed by atoms with van der Waals surface area (Å²) in [7, 11) is 1.56. The highest BCUT2D eigenvalue weighted by Gasteiger charge is 2.38. The summed E-state index contributed by atoms with van der Waals surface area (Å²) in [6, 6.07) is 6.92. The molecule has 6 nitrogen and oxygen atoms in total. The summed E-state index contributed by atoms with van der Waals surface area (Å²) in [6.45, 7) is -0.0573. The van der Waals surface area contributed by atoms with E-state index in [1.807, 2.05) is 0 Å². The van der Waals surface area contributed by atoms with Gasteiger partial charge in [-0.1, -0.05) is 12.1 Å². The summed E-state index contributed by atoms with van der Waals surface area (Å²) in [4.78, 5) is 0. The van der Waals surface area contributed by atoms with E-state index in [4.69, 9.17) is 9.47 Å². The van der Waals surface area contributed by atoms with Crippen LogP contribution in [0.4, 0.5) is 0 Å². The molecule has 1 aliphatic heterocycles. The van der Waals surface area contributed by atoms with Crippen molar-refractivity contribution in [3.63, 3.8) is 0 Å². The van der Waals surface area contributed by atoms with Gasteiger partial charge < -0.3 is 29.9 Å². The summed E-state index contributed by atoms with van der Waals surface area (Å²) in [5, 5.41) is 38.9. The second-order valence-electron chi connectivity index (χ2n) is 4.94. The first-order valence-electron chi connectivity index (χ1n) is 6.50. The van der Waals surface area contributed by atoms with E-state index >= 15 is 0 Å². The third-order valence-electron chi connectivity index (χ3n) is 3.56. The van der Waals surface area contributed by atoms with E-state index in [2.05, 4.69) is 0 Å². The highest BCUT2D eigenvalue weighted by Crippen LogP contribution is 2.26. The molecule has 1 saturated heterocycles. The van der Waals surface area contributed by atoms with Gasteiger partial charge in [0.25, 0.3) is 0 Å². The molecule has 2 rings (SSSR count). The fourth-order valence-corrected chi connectivity index (χ4v) is 2.26. The van der Waals surface area contributed by atoms with Crippen LogP contribution in [0.1, 0.15) is 18.1 Å². The van der Waals surface area contributed by atoms with Crippen molar-refractivity contribution in [1.82, 2.24) is 0 Å². The van der Waals surface area contributed by atoms with Gasteiger partial charge in [0.15, 0.2) is 0 Å². The molecule has 112 valence electrons. The Hall–Kier alpha value is -1.18. The van der Waals surface area contributed by atoms with Crippen molar-refractivity contribution in [2.24, 2.45) is 0 Å². The molecular weight excluding hydrogens is 264 g/mol. The Kier molecular flexibility index (Phi) is 4.95. The Labute approximate surface area is 117 Å². The van der Waals surface area contributed by atoms with Crippen molar-refractivity contribution in [2.75, 3.05) is 13.7 Å². The lowest BCUT2D eigenvalue weighted by molar-refractivity contribution is -0.193. The lowest BCUT2D eigenvalue weighted by atomic mass is 9.94. The van der Waals surface area contributed by atoms with Crippen LogP contribution in [-0.2, 0) is 4.74 Å². The lowest BCUT2D eigenvalue weighted by Crippen LogP contribution is -2.53. The van der Waals surface area contributed by atoms with Gasteiger partial charge in [0.2, 0.25) is 0 Å². The Morgan fingerprint density at radius 3 is 2.45 bits per heavy atom. The summed E-state index contributed by atoms with van der Waals surface area (Å²) in [5.41, 5.74) is 0.669. The molecule has 5 atom stereocenters. The quantitative estimate of drug-likeness (QED) is 0.600. The van der Waals surface area contributed by atoms with E-state index in [-0.39, 0.29) is 13.0 Å². The molecule has 6 heteroatoms. The van der Waals surface area contributed by atoms with Crippen LogP contribution in [-0.4, -0.2) is 58.6 Å². The normalized spacial score (nSPS) is 31.9. The SMILES string of the molecule is COc1ccc(C(O)CC2OC[C@@H](O)[C@H](O)[C@H]2O)cc1. The van der Waals surface area contributed by atoms with Gasteiger partial charge in [-0.05, 0) is 17.7 Å². The Morgan fingerprint density at radius 2 is 1.85 bits per heavy atom.